The molecule has 0 N–H and O–H groups in total. The van der Waals surface area contributed by atoms with Crippen molar-refractivity contribution in [3.63, 3.8) is 0 Å². The Morgan fingerprint density at radius 3 is 2.86 bits per heavy atom. The van der Waals surface area contributed by atoms with E-state index >= 15 is 0 Å². The Labute approximate surface area is 40.0 Å². The summed E-state index contributed by atoms with van der Waals surface area (Å²) in [5.74, 6) is 0. The van der Waals surface area contributed by atoms with Crippen molar-refractivity contribution >= 4 is 0 Å². The van der Waals surface area contributed by atoms with Gasteiger partial charge in [0.2, 0.25) is 0 Å². The van der Waals surface area contributed by atoms with Crippen LogP contribution in [0.1, 0.15) is 0 Å². The molecule has 2 nitrogen and oxygen atoms in total. The monoisotopic (exact) mass is 97.0 g/mol. The van der Waals surface area contributed by atoms with E-state index in [9.17, 15) is 4.39 Å². The summed E-state index contributed by atoms with van der Waals surface area (Å²) in [4.78, 5) is 6.25. The summed E-state index contributed by atoms with van der Waals surface area (Å²) >= 11 is 0. The molecule has 0 saturated heterocycles. The first-order chi connectivity index (χ1) is 3.39. The standard InChI is InChI=1S/C4H2FN2/c5-4-6-2-1-3-7-4/h1-2H. The maximum absolute atomic E-state index is 11.7. The lowest BCUT2D eigenvalue weighted by molar-refractivity contribution is 0.537. The van der Waals surface area contributed by atoms with E-state index in [4.69, 9.17) is 0 Å². The number of nitrogens with zero attached hydrogens (tertiary/aromatic N) is 2. The SMILES string of the molecule is Fc1n[c]ccn1. The van der Waals surface area contributed by atoms with Gasteiger partial charge in [0.05, 0.1) is 6.20 Å². The highest BCUT2D eigenvalue weighted by Gasteiger charge is 1.81. The van der Waals surface area contributed by atoms with E-state index < -0.39 is 6.08 Å². The second-order valence-electron chi connectivity index (χ2n) is 0.955. The van der Waals surface area contributed by atoms with E-state index in [2.05, 4.69) is 16.2 Å². The molecule has 0 aliphatic heterocycles. The van der Waals surface area contributed by atoms with Gasteiger partial charge in [-0.2, -0.15) is 4.39 Å². The summed E-state index contributed by atoms with van der Waals surface area (Å²) < 4.78 is 11.7. The minimum Gasteiger partial charge on any atom is -0.211 e. The molecule has 0 aliphatic rings. The van der Waals surface area contributed by atoms with Crippen LogP contribution in [-0.2, 0) is 0 Å². The third kappa shape index (κ3) is 0.924. The fourth-order valence-corrected chi connectivity index (χ4v) is 0.252. The van der Waals surface area contributed by atoms with Gasteiger partial charge in [0.25, 0.3) is 0 Å². The molecule has 35 valence electrons. The molecular weight excluding hydrogens is 95.1 g/mol. The van der Waals surface area contributed by atoms with Crippen LogP contribution >= 0.6 is 0 Å². The Balaban J connectivity index is 3.02. The number of rotatable bonds is 0. The van der Waals surface area contributed by atoms with Gasteiger partial charge in [0.15, 0.2) is 0 Å². The van der Waals surface area contributed by atoms with E-state index in [0.717, 1.165) is 0 Å². The van der Waals surface area contributed by atoms with E-state index in [1.807, 2.05) is 0 Å². The summed E-state index contributed by atoms with van der Waals surface area (Å²) in [6.07, 6.45) is 2.83. The minimum atomic E-state index is -0.734. The second-order valence-corrected chi connectivity index (χ2v) is 0.955. The number of halogens is 1. The molecular formula is C4H2FN2. The van der Waals surface area contributed by atoms with Crippen molar-refractivity contribution in [2.75, 3.05) is 0 Å². The fourth-order valence-electron chi connectivity index (χ4n) is 0.252. The molecule has 0 bridgehead atoms. The Bertz CT molecular complexity index is 140. The lowest BCUT2D eigenvalue weighted by Gasteiger charge is -1.76. The molecule has 1 aromatic heterocycles. The largest absolute Gasteiger partial charge is 0.309 e. The molecule has 0 saturated carbocycles. The van der Waals surface area contributed by atoms with Crippen molar-refractivity contribution in [3.05, 3.63) is 24.5 Å². The van der Waals surface area contributed by atoms with E-state index in [0.29, 0.717) is 0 Å². The highest BCUT2D eigenvalue weighted by Crippen LogP contribution is 1.78. The smallest absolute Gasteiger partial charge is 0.211 e. The van der Waals surface area contributed by atoms with Crippen LogP contribution in [0.4, 0.5) is 4.39 Å². The van der Waals surface area contributed by atoms with Crippen molar-refractivity contribution < 1.29 is 4.39 Å². The first-order valence-electron chi connectivity index (χ1n) is 1.74. The summed E-state index contributed by atoms with van der Waals surface area (Å²) in [6.45, 7) is 0. The van der Waals surface area contributed by atoms with Crippen LogP contribution in [-0.4, -0.2) is 9.97 Å². The predicted octanol–water partition coefficient (Wildman–Crippen LogP) is 0.416. The number of hydrogen-bond acceptors (Lipinski definition) is 2. The molecule has 1 aromatic rings. The zero-order valence-electron chi connectivity index (χ0n) is 3.43. The van der Waals surface area contributed by atoms with Crippen molar-refractivity contribution in [2.45, 2.75) is 0 Å². The van der Waals surface area contributed by atoms with Crippen LogP contribution in [0.15, 0.2) is 12.3 Å². The van der Waals surface area contributed by atoms with Gasteiger partial charge in [-0.3, -0.25) is 0 Å². The van der Waals surface area contributed by atoms with Crippen LogP contribution in [0.2, 0.25) is 0 Å². The number of hydrogen-bond donors (Lipinski definition) is 0. The molecule has 0 aliphatic carbocycles. The van der Waals surface area contributed by atoms with E-state index in [-0.39, 0.29) is 0 Å². The molecule has 1 radical (unpaired) electrons. The second kappa shape index (κ2) is 1.64. The third-order valence-electron chi connectivity index (χ3n) is 0.487. The van der Waals surface area contributed by atoms with Gasteiger partial charge in [-0.15, -0.1) is 0 Å². The van der Waals surface area contributed by atoms with Gasteiger partial charge in [0.1, 0.15) is 0 Å². The first kappa shape index (κ1) is 4.18. The minimum absolute atomic E-state index is 0.734. The average Bonchev–Trinajstić information content (AvgIpc) is 1.69. The number of aromatic nitrogens is 2. The quantitative estimate of drug-likeness (QED) is 0.438. The molecule has 0 atom stereocenters. The van der Waals surface area contributed by atoms with Crippen molar-refractivity contribution in [3.8, 4) is 0 Å². The zero-order chi connectivity index (χ0) is 5.11. The average molecular weight is 97.1 g/mol. The topological polar surface area (TPSA) is 25.8 Å². The van der Waals surface area contributed by atoms with Crippen LogP contribution in [0, 0.1) is 12.3 Å². The highest BCUT2D eigenvalue weighted by molar-refractivity contribution is 4.74. The normalized spacial score (nSPS) is 8.71. The summed E-state index contributed by atoms with van der Waals surface area (Å²) in [5.41, 5.74) is 0. The van der Waals surface area contributed by atoms with Crippen LogP contribution in [0.3, 0.4) is 0 Å². The van der Waals surface area contributed by atoms with Gasteiger partial charge in [-0.25, -0.2) is 9.97 Å². The fraction of sp³-hybridized carbons (Fsp3) is 0. The molecule has 0 amide bonds. The first-order valence-corrected chi connectivity index (χ1v) is 1.74. The van der Waals surface area contributed by atoms with Crippen LogP contribution in [0.5, 0.6) is 0 Å². The van der Waals surface area contributed by atoms with Crippen molar-refractivity contribution in [2.24, 2.45) is 0 Å². The Kier molecular flexibility index (Phi) is 0.978. The Morgan fingerprint density at radius 2 is 2.57 bits per heavy atom. The van der Waals surface area contributed by atoms with Crippen LogP contribution in [0.25, 0.3) is 0 Å². The van der Waals surface area contributed by atoms with Gasteiger partial charge >= 0.3 is 6.08 Å². The Hall–Kier alpha value is -0.990. The molecule has 0 fully saturated rings. The summed E-state index contributed by atoms with van der Waals surface area (Å²) in [6, 6.07) is 1.43. The molecule has 1 heterocycles. The molecule has 7 heavy (non-hydrogen) atoms. The van der Waals surface area contributed by atoms with Gasteiger partial charge in [-0.05, 0) is 6.07 Å². The third-order valence-corrected chi connectivity index (χ3v) is 0.487. The van der Waals surface area contributed by atoms with Crippen LogP contribution < -0.4 is 0 Å². The molecule has 1 rings (SSSR count). The van der Waals surface area contributed by atoms with Crippen molar-refractivity contribution in [1.82, 2.24) is 9.97 Å². The van der Waals surface area contributed by atoms with Gasteiger partial charge < -0.3 is 0 Å². The van der Waals surface area contributed by atoms with E-state index in [1.165, 1.54) is 12.3 Å². The summed E-state index contributed by atoms with van der Waals surface area (Å²) in [7, 11) is 0. The predicted molar refractivity (Wildman–Crippen MR) is 20.8 cm³/mol. The maximum Gasteiger partial charge on any atom is 0.309 e. The van der Waals surface area contributed by atoms with Gasteiger partial charge in [-0.1, -0.05) is 0 Å². The molecule has 0 aromatic carbocycles. The molecule has 3 heteroatoms. The van der Waals surface area contributed by atoms with Crippen molar-refractivity contribution in [1.29, 1.82) is 0 Å². The van der Waals surface area contributed by atoms with Gasteiger partial charge in [0, 0.05) is 6.20 Å². The Morgan fingerprint density at radius 1 is 1.71 bits per heavy atom. The molecule has 0 spiro atoms. The summed E-state index contributed by atoms with van der Waals surface area (Å²) in [5, 5.41) is 0. The lowest BCUT2D eigenvalue weighted by atomic mass is 10.7. The van der Waals surface area contributed by atoms with E-state index in [1.54, 1.807) is 0 Å². The molecule has 0 unspecified atom stereocenters. The maximum atomic E-state index is 11.7. The lowest BCUT2D eigenvalue weighted by Crippen LogP contribution is -1.82. The zero-order valence-corrected chi connectivity index (χ0v) is 3.43. The highest BCUT2D eigenvalue weighted by atomic mass is 19.1.